The summed E-state index contributed by atoms with van der Waals surface area (Å²) >= 11 is 0. The van der Waals surface area contributed by atoms with E-state index in [4.69, 9.17) is 9.47 Å². The van der Waals surface area contributed by atoms with Crippen LogP contribution in [0.2, 0.25) is 0 Å². The molecule has 1 aliphatic heterocycles. The first-order chi connectivity index (χ1) is 11.2. The molecule has 1 N–H and O–H groups in total. The second-order valence-electron chi connectivity index (χ2n) is 5.84. The minimum Gasteiger partial charge on any atom is -0.494 e. The van der Waals surface area contributed by atoms with Crippen LogP contribution in [-0.4, -0.2) is 48.2 Å². The van der Waals surface area contributed by atoms with Gasteiger partial charge in [0.25, 0.3) is 5.91 Å². The van der Waals surface area contributed by atoms with Gasteiger partial charge in [0.05, 0.1) is 12.7 Å². The van der Waals surface area contributed by atoms with Gasteiger partial charge in [-0.2, -0.15) is 0 Å². The van der Waals surface area contributed by atoms with E-state index in [0.29, 0.717) is 25.4 Å². The van der Waals surface area contributed by atoms with Crippen molar-refractivity contribution in [3.8, 4) is 5.75 Å². The predicted octanol–water partition coefficient (Wildman–Crippen LogP) is 3.21. The van der Waals surface area contributed by atoms with Crippen molar-refractivity contribution in [2.75, 3.05) is 26.3 Å². The average Bonchev–Trinajstić information content (AvgIpc) is 3.21. The maximum absolute atomic E-state index is 12.8. The number of nitrogens with zero attached hydrogens (tertiary/aromatic N) is 1. The Morgan fingerprint density at radius 2 is 2.26 bits per heavy atom. The van der Waals surface area contributed by atoms with Crippen LogP contribution < -0.4 is 4.74 Å². The van der Waals surface area contributed by atoms with Gasteiger partial charge in [-0.1, -0.05) is 0 Å². The molecule has 0 aliphatic carbocycles. The molecule has 5 heteroatoms. The van der Waals surface area contributed by atoms with Gasteiger partial charge >= 0.3 is 0 Å². The number of hydrogen-bond donors (Lipinski definition) is 1. The zero-order valence-electron chi connectivity index (χ0n) is 13.8. The molecule has 2 aromatic rings. The Bertz CT molecular complexity index is 674. The summed E-state index contributed by atoms with van der Waals surface area (Å²) in [5, 5.41) is 1.02. The molecule has 23 heavy (non-hydrogen) atoms. The first-order valence-corrected chi connectivity index (χ1v) is 8.37. The second-order valence-corrected chi connectivity index (χ2v) is 5.84. The van der Waals surface area contributed by atoms with E-state index in [1.165, 1.54) is 0 Å². The minimum absolute atomic E-state index is 0.0251. The van der Waals surface area contributed by atoms with E-state index in [2.05, 4.69) is 4.98 Å². The highest BCUT2D eigenvalue weighted by Gasteiger charge is 2.23. The van der Waals surface area contributed by atoms with Crippen molar-refractivity contribution in [3.05, 3.63) is 30.0 Å². The molecule has 1 aromatic carbocycles. The summed E-state index contributed by atoms with van der Waals surface area (Å²) in [5.74, 6) is 0.838. The van der Waals surface area contributed by atoms with E-state index in [1.54, 1.807) is 0 Å². The van der Waals surface area contributed by atoms with Crippen LogP contribution in [0.5, 0.6) is 5.75 Å². The maximum atomic E-state index is 12.8. The monoisotopic (exact) mass is 316 g/mol. The fraction of sp³-hybridized carbons (Fsp3) is 0.500. The summed E-state index contributed by atoms with van der Waals surface area (Å²) in [4.78, 5) is 17.8. The fourth-order valence-corrected chi connectivity index (χ4v) is 3.04. The number of ether oxygens (including phenoxy) is 2. The zero-order valence-corrected chi connectivity index (χ0v) is 13.8. The minimum atomic E-state index is 0.0251. The molecule has 0 unspecified atom stereocenters. The summed E-state index contributed by atoms with van der Waals surface area (Å²) in [6.45, 7) is 6.74. The third-order valence-corrected chi connectivity index (χ3v) is 4.25. The van der Waals surface area contributed by atoms with Crippen LogP contribution >= 0.6 is 0 Å². The number of rotatable bonds is 6. The van der Waals surface area contributed by atoms with E-state index in [1.807, 2.05) is 43.0 Å². The molecule has 0 radical (unpaired) electrons. The third kappa shape index (κ3) is 3.50. The van der Waals surface area contributed by atoms with Crippen molar-refractivity contribution in [2.24, 2.45) is 0 Å². The molecular weight excluding hydrogens is 292 g/mol. The highest BCUT2D eigenvalue weighted by molar-refractivity contribution is 5.98. The topological polar surface area (TPSA) is 54.6 Å². The van der Waals surface area contributed by atoms with Crippen molar-refractivity contribution in [1.29, 1.82) is 0 Å². The Balaban J connectivity index is 1.78. The van der Waals surface area contributed by atoms with Crippen molar-refractivity contribution >= 4 is 16.8 Å². The number of fused-ring (bicyclic) bond motifs is 1. The zero-order chi connectivity index (χ0) is 16.2. The van der Waals surface area contributed by atoms with Crippen molar-refractivity contribution in [3.63, 3.8) is 0 Å². The van der Waals surface area contributed by atoms with Crippen LogP contribution in [0.15, 0.2) is 24.3 Å². The summed E-state index contributed by atoms with van der Waals surface area (Å²) in [6.07, 6.45) is 2.30. The van der Waals surface area contributed by atoms with E-state index in [-0.39, 0.29) is 12.0 Å². The molecule has 1 fully saturated rings. The number of carbonyl (C=O) groups excluding carboxylic acids is 1. The Labute approximate surface area is 136 Å². The van der Waals surface area contributed by atoms with Crippen molar-refractivity contribution in [2.45, 2.75) is 32.8 Å². The van der Waals surface area contributed by atoms with Gasteiger partial charge in [-0.25, -0.2) is 0 Å². The Morgan fingerprint density at radius 1 is 1.39 bits per heavy atom. The van der Waals surface area contributed by atoms with Crippen LogP contribution in [-0.2, 0) is 4.74 Å². The number of H-pyrrole nitrogens is 1. The highest BCUT2D eigenvalue weighted by atomic mass is 16.5. The van der Waals surface area contributed by atoms with Crippen LogP contribution in [0.3, 0.4) is 0 Å². The van der Waals surface area contributed by atoms with Crippen LogP contribution in [0.4, 0.5) is 0 Å². The lowest BCUT2D eigenvalue weighted by Crippen LogP contribution is -2.37. The van der Waals surface area contributed by atoms with Crippen LogP contribution in [0, 0.1) is 0 Å². The van der Waals surface area contributed by atoms with Gasteiger partial charge < -0.3 is 19.4 Å². The number of aromatic amines is 1. The molecule has 5 nitrogen and oxygen atoms in total. The summed E-state index contributed by atoms with van der Waals surface area (Å²) in [7, 11) is 0. The normalized spacial score (nSPS) is 17.6. The Hall–Kier alpha value is -2.01. The molecule has 1 amide bonds. The molecule has 0 saturated carbocycles. The molecule has 1 aliphatic rings. The van der Waals surface area contributed by atoms with Crippen LogP contribution in [0.25, 0.3) is 10.9 Å². The number of benzene rings is 1. The van der Waals surface area contributed by atoms with Gasteiger partial charge in [-0.05, 0) is 44.9 Å². The van der Waals surface area contributed by atoms with Crippen molar-refractivity contribution in [1.82, 2.24) is 9.88 Å². The molecule has 1 aromatic heterocycles. The Morgan fingerprint density at radius 3 is 2.96 bits per heavy atom. The summed E-state index contributed by atoms with van der Waals surface area (Å²) in [5.41, 5.74) is 1.54. The van der Waals surface area contributed by atoms with E-state index in [9.17, 15) is 4.79 Å². The molecule has 2 heterocycles. The number of aromatic nitrogens is 1. The lowest BCUT2D eigenvalue weighted by Gasteiger charge is -2.23. The number of carbonyl (C=O) groups is 1. The van der Waals surface area contributed by atoms with Crippen molar-refractivity contribution < 1.29 is 14.3 Å². The van der Waals surface area contributed by atoms with Gasteiger partial charge in [0.15, 0.2) is 0 Å². The SMILES string of the molecule is CCOc1ccc2cc(C(=O)N(CC)C[C@H]3CCCO3)[nH]c2c1. The molecule has 1 atom stereocenters. The molecule has 3 rings (SSSR count). The quantitative estimate of drug-likeness (QED) is 0.890. The van der Waals surface area contributed by atoms with Gasteiger partial charge in [-0.3, -0.25) is 4.79 Å². The van der Waals surface area contributed by atoms with Gasteiger partial charge in [-0.15, -0.1) is 0 Å². The highest BCUT2D eigenvalue weighted by Crippen LogP contribution is 2.23. The lowest BCUT2D eigenvalue weighted by molar-refractivity contribution is 0.0535. The standard InChI is InChI=1S/C18H24N2O3/c1-3-20(12-15-6-5-9-23-15)18(21)17-10-13-7-8-14(22-4-2)11-16(13)19-17/h7-8,10-11,15,19H,3-6,9,12H2,1-2H3/t15-/m1/s1. The first-order valence-electron chi connectivity index (χ1n) is 8.37. The third-order valence-electron chi connectivity index (χ3n) is 4.25. The van der Waals surface area contributed by atoms with E-state index >= 15 is 0 Å². The second kappa shape index (κ2) is 7.04. The van der Waals surface area contributed by atoms with E-state index in [0.717, 1.165) is 36.1 Å². The average molecular weight is 316 g/mol. The summed E-state index contributed by atoms with van der Waals surface area (Å²) in [6, 6.07) is 7.75. The largest absolute Gasteiger partial charge is 0.494 e. The first kappa shape index (κ1) is 15.9. The Kier molecular flexibility index (Phi) is 4.86. The lowest BCUT2D eigenvalue weighted by atomic mass is 10.2. The predicted molar refractivity (Wildman–Crippen MR) is 90.0 cm³/mol. The van der Waals surface area contributed by atoms with E-state index < -0.39 is 0 Å². The van der Waals surface area contributed by atoms with Crippen LogP contribution in [0.1, 0.15) is 37.2 Å². The molecule has 0 spiro atoms. The smallest absolute Gasteiger partial charge is 0.270 e. The molecular formula is C18H24N2O3. The van der Waals surface area contributed by atoms with Gasteiger partial charge in [0, 0.05) is 36.7 Å². The van der Waals surface area contributed by atoms with Gasteiger partial charge in [0.2, 0.25) is 0 Å². The summed E-state index contributed by atoms with van der Waals surface area (Å²) < 4.78 is 11.2. The molecule has 124 valence electrons. The number of likely N-dealkylation sites (N-methyl/N-ethyl adjacent to an activating group) is 1. The number of amides is 1. The number of nitrogens with one attached hydrogen (secondary N) is 1. The molecule has 0 bridgehead atoms. The molecule has 1 saturated heterocycles. The van der Waals surface area contributed by atoms with Gasteiger partial charge in [0.1, 0.15) is 11.4 Å². The maximum Gasteiger partial charge on any atom is 0.270 e. The fourth-order valence-electron chi connectivity index (χ4n) is 3.04. The number of hydrogen-bond acceptors (Lipinski definition) is 3.